The van der Waals surface area contributed by atoms with Crippen LogP contribution in [-0.4, -0.2) is 25.5 Å². The molecule has 1 atom stereocenters. The first kappa shape index (κ1) is 19.9. The van der Waals surface area contributed by atoms with Crippen molar-refractivity contribution in [3.63, 3.8) is 0 Å². The van der Waals surface area contributed by atoms with Crippen LogP contribution in [0.25, 0.3) is 0 Å². The minimum Gasteiger partial charge on any atom is -0.495 e. The summed E-state index contributed by atoms with van der Waals surface area (Å²) in [6.45, 7) is 8.66. The summed E-state index contributed by atoms with van der Waals surface area (Å²) in [4.78, 5) is 27.2. The Morgan fingerprint density at radius 3 is 2.57 bits per heavy atom. The summed E-state index contributed by atoms with van der Waals surface area (Å²) in [7, 11) is 1.59. The lowest BCUT2D eigenvalue weighted by molar-refractivity contribution is -0.122. The minimum absolute atomic E-state index is 0.0619. The summed E-state index contributed by atoms with van der Waals surface area (Å²) >= 11 is 0. The summed E-state index contributed by atoms with van der Waals surface area (Å²) in [6.07, 6.45) is 0.195. The van der Waals surface area contributed by atoms with E-state index in [0.29, 0.717) is 12.3 Å². The van der Waals surface area contributed by atoms with Crippen LogP contribution in [-0.2, 0) is 15.0 Å². The van der Waals surface area contributed by atoms with E-state index >= 15 is 0 Å². The van der Waals surface area contributed by atoms with E-state index < -0.39 is 5.92 Å². The van der Waals surface area contributed by atoms with Gasteiger partial charge in [0.1, 0.15) is 5.75 Å². The van der Waals surface area contributed by atoms with Crippen LogP contribution in [0.3, 0.4) is 0 Å². The number of ether oxygens (including phenoxy) is 1. The van der Waals surface area contributed by atoms with Crippen LogP contribution in [0.2, 0.25) is 0 Å². The van der Waals surface area contributed by atoms with Crippen molar-refractivity contribution in [2.75, 3.05) is 23.9 Å². The van der Waals surface area contributed by atoms with E-state index in [1.165, 1.54) is 0 Å². The van der Waals surface area contributed by atoms with Gasteiger partial charge in [-0.2, -0.15) is 0 Å². The number of hydrogen-bond acceptors (Lipinski definition) is 3. The fourth-order valence-corrected chi connectivity index (χ4v) is 3.61. The smallest absolute Gasteiger partial charge is 0.229 e. The maximum atomic E-state index is 12.9. The molecule has 5 heteroatoms. The number of aryl methyl sites for hydroxylation is 1. The molecular formula is C23H28N2O3. The van der Waals surface area contributed by atoms with Crippen molar-refractivity contribution in [1.82, 2.24) is 0 Å². The van der Waals surface area contributed by atoms with Crippen LogP contribution in [0.4, 0.5) is 11.4 Å². The highest BCUT2D eigenvalue weighted by Gasteiger charge is 2.36. The van der Waals surface area contributed by atoms with Gasteiger partial charge in [0.2, 0.25) is 11.8 Å². The predicted octanol–water partition coefficient (Wildman–Crippen LogP) is 4.29. The van der Waals surface area contributed by atoms with Gasteiger partial charge in [0.05, 0.1) is 18.7 Å². The van der Waals surface area contributed by atoms with Gasteiger partial charge in [-0.1, -0.05) is 45.0 Å². The number of para-hydroxylation sites is 1. The standard InChI is InChI=1S/C23H28N2O3/c1-15-10-11-20(28-5)19(12-15)25-14-16(13-21(25)26)22(27)24-18-9-7-6-8-17(18)23(2,3)4/h6-12,16H,13-14H2,1-5H3,(H,24,27). The van der Waals surface area contributed by atoms with Crippen molar-refractivity contribution in [2.45, 2.75) is 39.5 Å². The minimum atomic E-state index is -0.397. The number of rotatable bonds is 4. The maximum absolute atomic E-state index is 12.9. The van der Waals surface area contributed by atoms with Gasteiger partial charge >= 0.3 is 0 Å². The maximum Gasteiger partial charge on any atom is 0.229 e. The Kier molecular flexibility index (Phi) is 5.45. The SMILES string of the molecule is COc1ccc(C)cc1N1CC(C(=O)Nc2ccccc2C(C)(C)C)CC1=O. The Morgan fingerprint density at radius 1 is 1.18 bits per heavy atom. The summed E-state index contributed by atoms with van der Waals surface area (Å²) < 4.78 is 5.41. The molecule has 1 N–H and O–H groups in total. The summed E-state index contributed by atoms with van der Waals surface area (Å²) in [5.74, 6) is 0.0520. The van der Waals surface area contributed by atoms with E-state index in [-0.39, 0.29) is 23.7 Å². The molecule has 1 heterocycles. The fraction of sp³-hybridized carbons (Fsp3) is 0.391. The molecule has 0 saturated carbocycles. The van der Waals surface area contributed by atoms with Gasteiger partial charge in [0.15, 0.2) is 0 Å². The first-order valence-corrected chi connectivity index (χ1v) is 9.56. The Labute approximate surface area is 166 Å². The molecule has 0 bridgehead atoms. The Morgan fingerprint density at radius 2 is 1.89 bits per heavy atom. The number of benzene rings is 2. The molecule has 2 amide bonds. The van der Waals surface area contributed by atoms with Crippen LogP contribution in [0.1, 0.15) is 38.3 Å². The van der Waals surface area contributed by atoms with E-state index in [0.717, 1.165) is 22.5 Å². The van der Waals surface area contributed by atoms with Crippen molar-refractivity contribution >= 4 is 23.2 Å². The number of carbonyl (C=O) groups excluding carboxylic acids is 2. The van der Waals surface area contributed by atoms with Gasteiger partial charge in [0.25, 0.3) is 0 Å². The van der Waals surface area contributed by atoms with E-state index in [2.05, 4.69) is 26.1 Å². The molecule has 5 nitrogen and oxygen atoms in total. The average Bonchev–Trinajstić information content (AvgIpc) is 3.03. The molecular weight excluding hydrogens is 352 g/mol. The van der Waals surface area contributed by atoms with E-state index in [4.69, 9.17) is 4.74 Å². The molecule has 2 aromatic carbocycles. The van der Waals surface area contributed by atoms with Gasteiger partial charge in [-0.15, -0.1) is 0 Å². The third-order valence-corrected chi connectivity index (χ3v) is 5.11. The van der Waals surface area contributed by atoms with Crippen LogP contribution in [0.15, 0.2) is 42.5 Å². The highest BCUT2D eigenvalue weighted by molar-refractivity contribution is 6.04. The van der Waals surface area contributed by atoms with Crippen molar-refractivity contribution in [3.8, 4) is 5.75 Å². The molecule has 0 spiro atoms. The molecule has 1 saturated heterocycles. The monoisotopic (exact) mass is 380 g/mol. The summed E-state index contributed by atoms with van der Waals surface area (Å²) in [5, 5.41) is 3.04. The molecule has 1 aliphatic rings. The molecule has 1 unspecified atom stereocenters. The van der Waals surface area contributed by atoms with Gasteiger partial charge in [-0.25, -0.2) is 0 Å². The van der Waals surface area contributed by atoms with Crippen molar-refractivity contribution in [3.05, 3.63) is 53.6 Å². The normalized spacial score (nSPS) is 17.0. The highest BCUT2D eigenvalue weighted by atomic mass is 16.5. The van der Waals surface area contributed by atoms with Gasteiger partial charge in [0, 0.05) is 18.7 Å². The second-order valence-corrected chi connectivity index (χ2v) is 8.37. The fourth-order valence-electron chi connectivity index (χ4n) is 3.61. The lowest BCUT2D eigenvalue weighted by Gasteiger charge is -2.24. The number of anilines is 2. The van der Waals surface area contributed by atoms with Crippen LogP contribution >= 0.6 is 0 Å². The third kappa shape index (κ3) is 4.03. The number of carbonyl (C=O) groups is 2. The van der Waals surface area contributed by atoms with E-state index in [1.54, 1.807) is 12.0 Å². The zero-order valence-corrected chi connectivity index (χ0v) is 17.2. The molecule has 2 aromatic rings. The zero-order valence-electron chi connectivity index (χ0n) is 17.2. The van der Waals surface area contributed by atoms with Gasteiger partial charge in [-0.05, 0) is 41.7 Å². The molecule has 0 aromatic heterocycles. The second-order valence-electron chi connectivity index (χ2n) is 8.37. The van der Waals surface area contributed by atoms with Crippen molar-refractivity contribution < 1.29 is 14.3 Å². The number of amides is 2. The molecule has 0 aliphatic carbocycles. The number of nitrogens with zero attached hydrogens (tertiary/aromatic N) is 1. The first-order chi connectivity index (χ1) is 13.2. The molecule has 28 heavy (non-hydrogen) atoms. The molecule has 1 aliphatic heterocycles. The van der Waals surface area contributed by atoms with Crippen LogP contribution in [0, 0.1) is 12.8 Å². The quantitative estimate of drug-likeness (QED) is 0.861. The van der Waals surface area contributed by atoms with Crippen molar-refractivity contribution in [2.24, 2.45) is 5.92 Å². The number of nitrogens with one attached hydrogen (secondary N) is 1. The molecule has 148 valence electrons. The first-order valence-electron chi connectivity index (χ1n) is 9.56. The zero-order chi connectivity index (χ0) is 20.5. The molecule has 1 fully saturated rings. The lowest BCUT2D eigenvalue weighted by Crippen LogP contribution is -2.29. The van der Waals surface area contributed by atoms with Crippen LogP contribution in [0.5, 0.6) is 5.75 Å². The summed E-state index contributed by atoms with van der Waals surface area (Å²) in [5.41, 5.74) is 3.55. The third-order valence-electron chi connectivity index (χ3n) is 5.11. The predicted molar refractivity (Wildman–Crippen MR) is 112 cm³/mol. The number of hydrogen-bond donors (Lipinski definition) is 1. The second kappa shape index (κ2) is 7.66. The van der Waals surface area contributed by atoms with Crippen LogP contribution < -0.4 is 15.0 Å². The lowest BCUT2D eigenvalue weighted by atomic mass is 9.85. The Hall–Kier alpha value is -2.82. The largest absolute Gasteiger partial charge is 0.495 e. The molecule has 3 rings (SSSR count). The molecule has 0 radical (unpaired) electrons. The summed E-state index contributed by atoms with van der Waals surface area (Å²) in [6, 6.07) is 13.5. The Bertz CT molecular complexity index is 899. The topological polar surface area (TPSA) is 58.6 Å². The number of methoxy groups -OCH3 is 1. The van der Waals surface area contributed by atoms with E-state index in [1.807, 2.05) is 49.4 Å². The Balaban J connectivity index is 1.80. The van der Waals surface area contributed by atoms with E-state index in [9.17, 15) is 9.59 Å². The van der Waals surface area contributed by atoms with Gasteiger partial charge < -0.3 is 15.0 Å². The average molecular weight is 380 g/mol. The highest BCUT2D eigenvalue weighted by Crippen LogP contribution is 2.35. The van der Waals surface area contributed by atoms with Gasteiger partial charge in [-0.3, -0.25) is 9.59 Å². The van der Waals surface area contributed by atoms with Crippen molar-refractivity contribution in [1.29, 1.82) is 0 Å².